The molecule has 2 fully saturated rings. The van der Waals surface area contributed by atoms with Crippen molar-refractivity contribution in [1.29, 1.82) is 0 Å². The zero-order valence-corrected chi connectivity index (χ0v) is 20.7. The summed E-state index contributed by atoms with van der Waals surface area (Å²) in [4.78, 5) is 12.3. The smallest absolute Gasteiger partial charge is 0.338 e. The van der Waals surface area contributed by atoms with Gasteiger partial charge in [0.2, 0.25) is 0 Å². The maximum absolute atomic E-state index is 12.3. The van der Waals surface area contributed by atoms with Gasteiger partial charge >= 0.3 is 5.97 Å². The predicted molar refractivity (Wildman–Crippen MR) is 113 cm³/mol. The van der Waals surface area contributed by atoms with E-state index >= 15 is 0 Å². The maximum atomic E-state index is 12.3. The van der Waals surface area contributed by atoms with E-state index in [2.05, 4.69) is 5.32 Å². The molecule has 2 rings (SSSR count). The number of aliphatic carboxylic acids is 1. The van der Waals surface area contributed by atoms with Gasteiger partial charge in [-0.2, -0.15) is 0 Å². The molecule has 0 radical (unpaired) electrons. The van der Waals surface area contributed by atoms with Crippen LogP contribution in [0.5, 0.6) is 0 Å². The molecule has 7 N–H and O–H groups in total. The molecule has 33 heavy (non-hydrogen) atoms. The minimum atomic E-state index is -2.43. The average Bonchev–Trinajstić information content (AvgIpc) is 2.69. The topological polar surface area (TPSA) is 187 Å². The molecule has 0 bridgehead atoms. The van der Waals surface area contributed by atoms with Crippen molar-refractivity contribution in [2.24, 2.45) is 0 Å². The monoisotopic (exact) mass is 481 g/mol. The minimum Gasteiger partial charge on any atom is -0.479 e. The third kappa shape index (κ3) is 3.46. The van der Waals surface area contributed by atoms with Crippen LogP contribution in [0.2, 0.25) is 0 Å². The van der Waals surface area contributed by atoms with Gasteiger partial charge in [-0.1, -0.05) is 0 Å². The third-order valence-corrected chi connectivity index (χ3v) is 8.36. The molecule has 0 aromatic carbocycles. The number of rotatable bonds is 6. The summed E-state index contributed by atoms with van der Waals surface area (Å²) in [7, 11) is 2.85. The number of ether oxygens (including phenoxy) is 4. The van der Waals surface area contributed by atoms with E-state index in [0.717, 1.165) is 20.8 Å². The van der Waals surface area contributed by atoms with Gasteiger partial charge in [0.25, 0.3) is 0 Å². The SMILES string of the molecule is CNC1(C)C(OC2(C)C(C)(C(=O)O)OC(O)C(C)(O)C2(C)O)OC(C)(COC)C(O)C1(C)O. The molecule has 0 amide bonds. The van der Waals surface area contributed by atoms with E-state index in [0.29, 0.717) is 0 Å². The van der Waals surface area contributed by atoms with Gasteiger partial charge in [-0.25, -0.2) is 4.79 Å². The quantitative estimate of drug-likeness (QED) is 0.228. The molecule has 0 saturated carbocycles. The van der Waals surface area contributed by atoms with Gasteiger partial charge in [0.1, 0.15) is 34.1 Å². The van der Waals surface area contributed by atoms with E-state index in [1.165, 1.54) is 41.9 Å². The third-order valence-electron chi connectivity index (χ3n) is 8.36. The minimum absolute atomic E-state index is 0.166. The molecule has 194 valence electrons. The highest BCUT2D eigenvalue weighted by molar-refractivity contribution is 5.79. The second kappa shape index (κ2) is 8.05. The fraction of sp³-hybridized carbons (Fsp3) is 0.952. The van der Waals surface area contributed by atoms with Crippen molar-refractivity contribution in [1.82, 2.24) is 5.32 Å². The Morgan fingerprint density at radius 2 is 1.48 bits per heavy atom. The fourth-order valence-electron chi connectivity index (χ4n) is 4.79. The molecular formula is C21H39NO11. The van der Waals surface area contributed by atoms with Crippen molar-refractivity contribution in [3.8, 4) is 0 Å². The summed E-state index contributed by atoms with van der Waals surface area (Å²) in [5, 5.41) is 68.0. The van der Waals surface area contributed by atoms with Crippen LogP contribution in [0, 0.1) is 0 Å². The second-order valence-corrected chi connectivity index (χ2v) is 10.4. The molecule has 2 heterocycles. The van der Waals surface area contributed by atoms with E-state index in [1.807, 2.05) is 0 Å². The van der Waals surface area contributed by atoms with Crippen molar-refractivity contribution in [2.45, 2.75) is 106 Å². The lowest BCUT2D eigenvalue weighted by atomic mass is 9.62. The summed E-state index contributed by atoms with van der Waals surface area (Å²) in [6, 6.07) is 0. The molecule has 10 atom stereocenters. The van der Waals surface area contributed by atoms with Crippen LogP contribution in [-0.2, 0) is 23.7 Å². The first kappa shape index (κ1) is 28.3. The summed E-state index contributed by atoms with van der Waals surface area (Å²) < 4.78 is 22.8. The standard InChI is InChI=1S/C21H39NO11/c1-15(10-30-9)11(23)17(3,27)16(2,22-8)14(32-15)33-21(7)19(5,12(24)25)31-13(26)18(4,28)20(21,6)29/h11,13-14,22-23,26-29H,10H2,1-9H3,(H,24,25). The maximum Gasteiger partial charge on any atom is 0.338 e. The molecule has 12 nitrogen and oxygen atoms in total. The number of hydrogen-bond donors (Lipinski definition) is 7. The van der Waals surface area contributed by atoms with Gasteiger partial charge in [0.05, 0.1) is 12.1 Å². The highest BCUT2D eigenvalue weighted by Crippen LogP contribution is 2.53. The summed E-state index contributed by atoms with van der Waals surface area (Å²) in [5.74, 6) is -1.59. The van der Waals surface area contributed by atoms with Crippen molar-refractivity contribution in [3.05, 3.63) is 0 Å². The fourth-order valence-corrected chi connectivity index (χ4v) is 4.79. The van der Waals surface area contributed by atoms with Crippen molar-refractivity contribution >= 4 is 5.97 Å². The second-order valence-electron chi connectivity index (χ2n) is 10.4. The first-order chi connectivity index (χ1) is 14.7. The van der Waals surface area contributed by atoms with Crippen LogP contribution in [0.1, 0.15) is 48.5 Å². The molecule has 0 aromatic rings. The molecule has 0 aromatic heterocycles. The highest BCUT2D eigenvalue weighted by atomic mass is 16.7. The number of likely N-dealkylation sites (N-methyl/N-ethyl adjacent to an activating group) is 1. The van der Waals surface area contributed by atoms with Crippen LogP contribution in [0.25, 0.3) is 0 Å². The average molecular weight is 482 g/mol. The van der Waals surface area contributed by atoms with Gasteiger partial charge in [-0.05, 0) is 55.5 Å². The number of methoxy groups -OCH3 is 1. The molecular weight excluding hydrogens is 442 g/mol. The van der Waals surface area contributed by atoms with Gasteiger partial charge < -0.3 is 54.9 Å². The Bertz CT molecular complexity index is 773. The Kier molecular flexibility index (Phi) is 6.91. The molecule has 12 heteroatoms. The van der Waals surface area contributed by atoms with E-state index in [1.54, 1.807) is 0 Å². The number of aliphatic hydroxyl groups is 5. The zero-order valence-electron chi connectivity index (χ0n) is 20.7. The number of carbonyl (C=O) groups is 1. The number of hydrogen-bond acceptors (Lipinski definition) is 11. The summed E-state index contributed by atoms with van der Waals surface area (Å²) >= 11 is 0. The number of carboxylic acid groups (broad SMARTS) is 1. The molecule has 2 aliphatic rings. The summed E-state index contributed by atoms with van der Waals surface area (Å²) in [6.07, 6.45) is -5.07. The van der Waals surface area contributed by atoms with Crippen LogP contribution in [0.15, 0.2) is 0 Å². The molecule has 2 saturated heterocycles. The normalized spacial score (nSPS) is 55.4. The molecule has 0 aliphatic carbocycles. The van der Waals surface area contributed by atoms with Gasteiger partial charge in [0, 0.05) is 7.11 Å². The first-order valence-corrected chi connectivity index (χ1v) is 10.6. The molecule has 10 unspecified atom stereocenters. The van der Waals surface area contributed by atoms with Crippen LogP contribution in [-0.4, -0.2) is 115 Å². The lowest BCUT2D eigenvalue weighted by Crippen LogP contribution is -2.86. The predicted octanol–water partition coefficient (Wildman–Crippen LogP) is -1.69. The molecule has 0 spiro atoms. The van der Waals surface area contributed by atoms with Crippen LogP contribution >= 0.6 is 0 Å². The van der Waals surface area contributed by atoms with Gasteiger partial charge in [-0.15, -0.1) is 0 Å². The van der Waals surface area contributed by atoms with Gasteiger partial charge in [-0.3, -0.25) is 0 Å². The van der Waals surface area contributed by atoms with E-state index < -0.39 is 63.8 Å². The Labute approximate surface area is 193 Å². The lowest BCUT2D eigenvalue weighted by molar-refractivity contribution is -0.446. The first-order valence-electron chi connectivity index (χ1n) is 10.6. The zero-order chi connectivity index (χ0) is 26.1. The summed E-state index contributed by atoms with van der Waals surface area (Å²) in [5.41, 5.74) is -14.5. The number of aliphatic hydroxyl groups excluding tert-OH is 2. The number of nitrogens with one attached hydrogen (secondary N) is 1. The highest BCUT2D eigenvalue weighted by Gasteiger charge is 2.76. The Hall–Kier alpha value is -0.930. The number of carboxylic acids is 1. The largest absolute Gasteiger partial charge is 0.479 e. The Morgan fingerprint density at radius 3 is 1.91 bits per heavy atom. The van der Waals surface area contributed by atoms with Crippen LogP contribution < -0.4 is 5.32 Å². The Morgan fingerprint density at radius 1 is 0.970 bits per heavy atom. The van der Waals surface area contributed by atoms with Crippen molar-refractivity contribution in [3.63, 3.8) is 0 Å². The lowest BCUT2D eigenvalue weighted by Gasteiger charge is -2.64. The van der Waals surface area contributed by atoms with Gasteiger partial charge in [0.15, 0.2) is 18.2 Å². The Balaban J connectivity index is 2.74. The molecule has 2 aliphatic heterocycles. The van der Waals surface area contributed by atoms with E-state index in [9.17, 15) is 35.4 Å². The van der Waals surface area contributed by atoms with E-state index in [4.69, 9.17) is 18.9 Å². The van der Waals surface area contributed by atoms with Crippen LogP contribution in [0.4, 0.5) is 0 Å². The van der Waals surface area contributed by atoms with Crippen LogP contribution in [0.3, 0.4) is 0 Å². The summed E-state index contributed by atoms with van der Waals surface area (Å²) in [6.45, 7) is 8.64. The van der Waals surface area contributed by atoms with Crippen molar-refractivity contribution < 1.29 is 54.4 Å². The van der Waals surface area contributed by atoms with E-state index in [-0.39, 0.29) is 6.61 Å². The van der Waals surface area contributed by atoms with Crippen molar-refractivity contribution in [2.75, 3.05) is 20.8 Å².